The van der Waals surface area contributed by atoms with Crippen LogP contribution in [0.3, 0.4) is 0 Å². The van der Waals surface area contributed by atoms with Gasteiger partial charge in [0.2, 0.25) is 10.0 Å². The molecule has 0 heterocycles. The first kappa shape index (κ1) is 22.2. The quantitative estimate of drug-likeness (QED) is 0.755. The van der Waals surface area contributed by atoms with Crippen LogP contribution in [0, 0.1) is 0 Å². The van der Waals surface area contributed by atoms with Gasteiger partial charge >= 0.3 is 6.18 Å². The van der Waals surface area contributed by atoms with E-state index in [1.807, 2.05) is 5.32 Å². The summed E-state index contributed by atoms with van der Waals surface area (Å²) in [4.78, 5) is 12.0. The van der Waals surface area contributed by atoms with Gasteiger partial charge in [-0.15, -0.1) is 0 Å². The lowest BCUT2D eigenvalue weighted by Crippen LogP contribution is -2.59. The molecule has 0 saturated carbocycles. The molecule has 11 heteroatoms. The van der Waals surface area contributed by atoms with Gasteiger partial charge in [-0.3, -0.25) is 4.79 Å². The molecule has 0 aliphatic carbocycles. The molecule has 1 aromatic carbocycles. The van der Waals surface area contributed by atoms with Crippen LogP contribution in [-0.2, 0) is 14.8 Å². The number of methoxy groups -OCH3 is 2. The van der Waals surface area contributed by atoms with E-state index < -0.39 is 34.3 Å². The van der Waals surface area contributed by atoms with Gasteiger partial charge in [-0.05, 0) is 25.1 Å². The second kappa shape index (κ2) is 7.80. The number of nitrogens with one attached hydrogen (secondary N) is 1. The molecule has 1 atom stereocenters. The van der Waals surface area contributed by atoms with Crippen molar-refractivity contribution in [1.29, 1.82) is 0 Å². The van der Waals surface area contributed by atoms with Crippen LogP contribution in [0.25, 0.3) is 0 Å². The van der Waals surface area contributed by atoms with Crippen LogP contribution in [0.2, 0.25) is 0 Å². The zero-order chi connectivity index (χ0) is 20.3. The molecule has 0 radical (unpaired) electrons. The first-order valence-corrected chi connectivity index (χ1v) is 8.73. The summed E-state index contributed by atoms with van der Waals surface area (Å²) >= 11 is 0. The summed E-state index contributed by atoms with van der Waals surface area (Å²) < 4.78 is 74.9. The molecule has 0 aliphatic rings. The first-order valence-electron chi connectivity index (χ1n) is 7.29. The Morgan fingerprint density at radius 1 is 1.23 bits per heavy atom. The fraction of sp³-hybridized carbons (Fsp3) is 0.533. The highest BCUT2D eigenvalue weighted by Gasteiger charge is 2.52. The second-order valence-corrected chi connectivity index (χ2v) is 7.99. The summed E-state index contributed by atoms with van der Waals surface area (Å²) in [6.07, 6.45) is -4.77. The van der Waals surface area contributed by atoms with Crippen molar-refractivity contribution in [1.82, 2.24) is 9.62 Å². The number of benzene rings is 1. The lowest BCUT2D eigenvalue weighted by Gasteiger charge is -2.32. The SMILES string of the molecule is COCC(C)(NC(=O)c1ccc(OC)c(S(=O)(=O)N(C)C)c1)C(F)(F)F. The molecule has 26 heavy (non-hydrogen) atoms. The molecule has 0 aromatic heterocycles. The van der Waals surface area contributed by atoms with E-state index in [9.17, 15) is 26.4 Å². The highest BCUT2D eigenvalue weighted by molar-refractivity contribution is 7.89. The molecular weight excluding hydrogens is 377 g/mol. The molecule has 0 spiro atoms. The maximum absolute atomic E-state index is 13.2. The number of halogens is 3. The first-order chi connectivity index (χ1) is 11.8. The summed E-state index contributed by atoms with van der Waals surface area (Å²) in [5.74, 6) is -1.13. The summed E-state index contributed by atoms with van der Waals surface area (Å²) in [5, 5.41) is 1.86. The van der Waals surface area contributed by atoms with E-state index >= 15 is 0 Å². The Labute approximate surface area is 150 Å². The predicted octanol–water partition coefficient (Wildman–Crippen LogP) is 1.64. The standard InChI is InChI=1S/C15H21F3N2O5S/c1-14(9-24-4,15(16,17)18)19-13(21)10-6-7-11(25-5)12(8-10)26(22,23)20(2)3/h6-8H,9H2,1-5H3,(H,19,21). The van der Waals surface area contributed by atoms with Crippen molar-refractivity contribution in [3.05, 3.63) is 23.8 Å². The van der Waals surface area contributed by atoms with E-state index in [1.165, 1.54) is 33.3 Å². The number of amides is 1. The van der Waals surface area contributed by atoms with Crippen LogP contribution in [0.15, 0.2) is 23.1 Å². The monoisotopic (exact) mass is 398 g/mol. The van der Waals surface area contributed by atoms with Crippen LogP contribution in [0.4, 0.5) is 13.2 Å². The molecule has 1 rings (SSSR count). The van der Waals surface area contributed by atoms with Crippen LogP contribution in [0.1, 0.15) is 17.3 Å². The third-order valence-electron chi connectivity index (χ3n) is 3.63. The number of hydrogen-bond acceptors (Lipinski definition) is 5. The molecule has 1 amide bonds. The molecule has 0 bridgehead atoms. The minimum atomic E-state index is -4.77. The summed E-state index contributed by atoms with van der Waals surface area (Å²) in [6.45, 7) is -0.0311. The highest BCUT2D eigenvalue weighted by Crippen LogP contribution is 2.31. The largest absolute Gasteiger partial charge is 0.495 e. The number of alkyl halides is 3. The van der Waals surface area contributed by atoms with E-state index in [0.29, 0.717) is 0 Å². The normalized spacial score (nSPS) is 14.8. The van der Waals surface area contributed by atoms with Crippen LogP contribution in [0.5, 0.6) is 5.75 Å². The molecule has 1 aromatic rings. The number of ether oxygens (including phenoxy) is 2. The van der Waals surface area contributed by atoms with Crippen molar-refractivity contribution in [2.75, 3.05) is 34.9 Å². The highest BCUT2D eigenvalue weighted by atomic mass is 32.2. The van der Waals surface area contributed by atoms with Crippen molar-refractivity contribution >= 4 is 15.9 Å². The van der Waals surface area contributed by atoms with Crippen molar-refractivity contribution in [3.63, 3.8) is 0 Å². The maximum atomic E-state index is 13.2. The molecule has 0 saturated heterocycles. The fourth-order valence-electron chi connectivity index (χ4n) is 2.02. The Bertz CT molecular complexity index is 765. The van der Waals surface area contributed by atoms with E-state index in [0.717, 1.165) is 24.4 Å². The number of sulfonamides is 1. The van der Waals surface area contributed by atoms with E-state index in [1.54, 1.807) is 0 Å². The number of carbonyl (C=O) groups is 1. The second-order valence-electron chi connectivity index (χ2n) is 5.87. The molecule has 7 nitrogen and oxygen atoms in total. The zero-order valence-electron chi connectivity index (χ0n) is 15.0. The molecule has 1 N–H and O–H groups in total. The molecule has 1 unspecified atom stereocenters. The Hall–Kier alpha value is -1.85. The lowest BCUT2D eigenvalue weighted by molar-refractivity contribution is -0.200. The molecular formula is C15H21F3N2O5S. The van der Waals surface area contributed by atoms with E-state index in [4.69, 9.17) is 4.74 Å². The lowest BCUT2D eigenvalue weighted by atomic mass is 10.0. The Kier molecular flexibility index (Phi) is 6.66. The van der Waals surface area contributed by atoms with Gasteiger partial charge in [0.1, 0.15) is 10.6 Å². The minimum Gasteiger partial charge on any atom is -0.495 e. The van der Waals surface area contributed by atoms with Crippen LogP contribution < -0.4 is 10.1 Å². The zero-order valence-corrected chi connectivity index (χ0v) is 15.8. The van der Waals surface area contributed by atoms with Gasteiger partial charge < -0.3 is 14.8 Å². The third kappa shape index (κ3) is 4.46. The number of rotatable bonds is 7. The predicted molar refractivity (Wildman–Crippen MR) is 87.7 cm³/mol. The summed E-state index contributed by atoms with van der Waals surface area (Å²) in [6, 6.07) is 3.34. The molecule has 0 aliphatic heterocycles. The van der Waals surface area contributed by atoms with Gasteiger partial charge in [-0.2, -0.15) is 13.2 Å². The van der Waals surface area contributed by atoms with Gasteiger partial charge in [-0.1, -0.05) is 0 Å². The van der Waals surface area contributed by atoms with Gasteiger partial charge in [0.05, 0.1) is 13.7 Å². The Morgan fingerprint density at radius 2 is 1.81 bits per heavy atom. The molecule has 148 valence electrons. The summed E-state index contributed by atoms with van der Waals surface area (Å²) in [5.41, 5.74) is -2.91. The Balaban J connectivity index is 3.34. The Morgan fingerprint density at radius 3 is 2.23 bits per heavy atom. The fourth-order valence-corrected chi connectivity index (χ4v) is 3.09. The summed E-state index contributed by atoms with van der Waals surface area (Å²) in [7, 11) is 0.894. The van der Waals surface area contributed by atoms with Gasteiger partial charge in [-0.25, -0.2) is 12.7 Å². The van der Waals surface area contributed by atoms with Crippen molar-refractivity contribution in [2.45, 2.75) is 23.5 Å². The average molecular weight is 398 g/mol. The average Bonchev–Trinajstić information content (AvgIpc) is 2.53. The van der Waals surface area contributed by atoms with Crippen LogP contribution >= 0.6 is 0 Å². The van der Waals surface area contributed by atoms with E-state index in [2.05, 4.69) is 4.74 Å². The minimum absolute atomic E-state index is 0.0364. The topological polar surface area (TPSA) is 84.9 Å². The number of hydrogen-bond donors (Lipinski definition) is 1. The van der Waals surface area contributed by atoms with Gasteiger partial charge in [0.15, 0.2) is 5.54 Å². The van der Waals surface area contributed by atoms with E-state index in [-0.39, 0.29) is 16.2 Å². The van der Waals surface area contributed by atoms with Crippen molar-refractivity contribution < 1.29 is 35.9 Å². The van der Waals surface area contributed by atoms with Crippen molar-refractivity contribution in [2.24, 2.45) is 0 Å². The smallest absolute Gasteiger partial charge is 0.413 e. The maximum Gasteiger partial charge on any atom is 0.413 e. The third-order valence-corrected chi connectivity index (χ3v) is 5.47. The number of carbonyl (C=O) groups excluding carboxylic acids is 1. The molecule has 0 fully saturated rings. The number of nitrogens with zero attached hydrogens (tertiary/aromatic N) is 1. The van der Waals surface area contributed by atoms with Crippen LogP contribution in [-0.4, -0.2) is 65.3 Å². The van der Waals surface area contributed by atoms with Crippen molar-refractivity contribution in [3.8, 4) is 5.75 Å². The van der Waals surface area contributed by atoms with Gasteiger partial charge in [0.25, 0.3) is 5.91 Å². The van der Waals surface area contributed by atoms with Gasteiger partial charge in [0, 0.05) is 26.8 Å².